The molecule has 9 nitrogen and oxygen atoms in total. The minimum absolute atomic E-state index is 0.213. The van der Waals surface area contributed by atoms with Crippen LogP contribution >= 0.6 is 22.9 Å². The van der Waals surface area contributed by atoms with E-state index in [2.05, 4.69) is 10.6 Å². The molecule has 1 aliphatic heterocycles. The summed E-state index contributed by atoms with van der Waals surface area (Å²) in [5.41, 5.74) is 6.35. The monoisotopic (exact) mass is 461 g/mol. The number of hydrogen-bond donors (Lipinski definition) is 4. The van der Waals surface area contributed by atoms with E-state index in [1.54, 1.807) is 36.4 Å². The molecule has 3 heterocycles. The van der Waals surface area contributed by atoms with Crippen molar-refractivity contribution in [2.45, 2.75) is 25.1 Å². The van der Waals surface area contributed by atoms with Gasteiger partial charge in [0.1, 0.15) is 6.04 Å². The minimum Gasteiger partial charge on any atom is -0.390 e. The number of aromatic nitrogens is 1. The van der Waals surface area contributed by atoms with Crippen LogP contribution in [0.1, 0.15) is 11.3 Å². The molecule has 162 valence electrons. The molecule has 0 aliphatic carbocycles. The molecule has 3 aromatic rings. The van der Waals surface area contributed by atoms with Crippen molar-refractivity contribution in [1.82, 2.24) is 14.8 Å². The topological polar surface area (TPSA) is 130 Å². The number of benzene rings is 1. The number of thiophene rings is 1. The summed E-state index contributed by atoms with van der Waals surface area (Å²) >= 11 is 7.25. The van der Waals surface area contributed by atoms with Crippen molar-refractivity contribution < 1.29 is 19.5 Å². The molecule has 0 spiro atoms. The van der Waals surface area contributed by atoms with Crippen molar-refractivity contribution in [2.75, 3.05) is 11.9 Å². The molecule has 5 N–H and O–H groups in total. The number of amides is 4. The molecular weight excluding hydrogens is 442 g/mol. The number of rotatable bonds is 4. The van der Waals surface area contributed by atoms with E-state index in [1.807, 2.05) is 0 Å². The van der Waals surface area contributed by atoms with E-state index in [9.17, 15) is 19.5 Å². The molecular formula is C20H20ClN5O4S. The van der Waals surface area contributed by atoms with Gasteiger partial charge in [-0.25, -0.2) is 9.59 Å². The zero-order valence-corrected chi connectivity index (χ0v) is 17.8. The average molecular weight is 462 g/mol. The molecule has 0 radical (unpaired) electrons. The van der Waals surface area contributed by atoms with E-state index >= 15 is 0 Å². The average Bonchev–Trinajstić information content (AvgIpc) is 3.43. The van der Waals surface area contributed by atoms with Gasteiger partial charge in [0.05, 0.1) is 28.2 Å². The number of hydrogen-bond acceptors (Lipinski definition) is 5. The normalized spacial score (nSPS) is 18.3. The van der Waals surface area contributed by atoms with Gasteiger partial charge in [-0.2, -0.15) is 0 Å². The maximum Gasteiger partial charge on any atom is 0.323 e. The number of nitrogens with two attached hydrogens (primary N) is 1. The molecule has 1 saturated heterocycles. The number of para-hydroxylation sites is 1. The Bertz CT molecular complexity index is 1160. The van der Waals surface area contributed by atoms with Crippen LogP contribution in [0.25, 0.3) is 10.9 Å². The molecule has 1 aromatic carbocycles. The summed E-state index contributed by atoms with van der Waals surface area (Å²) < 4.78 is 1.85. The van der Waals surface area contributed by atoms with Gasteiger partial charge in [0.15, 0.2) is 0 Å². The molecule has 2 aromatic heterocycles. The highest BCUT2D eigenvalue weighted by Crippen LogP contribution is 2.27. The lowest BCUT2D eigenvalue weighted by Gasteiger charge is -2.25. The van der Waals surface area contributed by atoms with Crippen LogP contribution in [0.2, 0.25) is 4.34 Å². The van der Waals surface area contributed by atoms with Gasteiger partial charge in [-0.3, -0.25) is 9.36 Å². The lowest BCUT2D eigenvalue weighted by molar-refractivity contribution is -0.127. The van der Waals surface area contributed by atoms with Crippen LogP contribution < -0.4 is 16.4 Å². The molecule has 0 saturated carbocycles. The Morgan fingerprint density at radius 1 is 1.23 bits per heavy atom. The van der Waals surface area contributed by atoms with E-state index in [1.165, 1.54) is 27.0 Å². The Morgan fingerprint density at radius 3 is 2.71 bits per heavy atom. The Kier molecular flexibility index (Phi) is 5.86. The van der Waals surface area contributed by atoms with Crippen molar-refractivity contribution in [3.63, 3.8) is 0 Å². The first-order chi connectivity index (χ1) is 14.8. The van der Waals surface area contributed by atoms with Gasteiger partial charge in [-0.05, 0) is 24.6 Å². The van der Waals surface area contributed by atoms with Crippen LogP contribution in [0.5, 0.6) is 0 Å². The maximum absolute atomic E-state index is 13.0. The predicted molar refractivity (Wildman–Crippen MR) is 118 cm³/mol. The van der Waals surface area contributed by atoms with E-state index < -0.39 is 30.1 Å². The van der Waals surface area contributed by atoms with Gasteiger partial charge in [0.2, 0.25) is 5.91 Å². The summed E-state index contributed by atoms with van der Waals surface area (Å²) in [5.74, 6) is -0.454. The highest BCUT2D eigenvalue weighted by Gasteiger charge is 2.41. The number of primary amides is 1. The largest absolute Gasteiger partial charge is 0.390 e. The van der Waals surface area contributed by atoms with Crippen molar-refractivity contribution in [1.29, 1.82) is 0 Å². The van der Waals surface area contributed by atoms with Crippen molar-refractivity contribution in [3.05, 3.63) is 51.8 Å². The third kappa shape index (κ3) is 4.22. The summed E-state index contributed by atoms with van der Waals surface area (Å²) in [7, 11) is 0. The number of likely N-dealkylation sites (tertiary alicyclic amines) is 1. The Balaban J connectivity index is 1.50. The fourth-order valence-corrected chi connectivity index (χ4v) is 4.72. The number of urea groups is 1. The number of anilines is 1. The molecule has 1 aliphatic rings. The van der Waals surface area contributed by atoms with Crippen LogP contribution in [0.3, 0.4) is 0 Å². The second-order valence-electron chi connectivity index (χ2n) is 7.12. The molecule has 1 fully saturated rings. The first-order valence-corrected chi connectivity index (χ1v) is 10.7. The van der Waals surface area contributed by atoms with Gasteiger partial charge in [-0.15, -0.1) is 11.3 Å². The zero-order chi connectivity index (χ0) is 22.1. The van der Waals surface area contributed by atoms with Crippen LogP contribution in [0.15, 0.2) is 42.6 Å². The zero-order valence-electron chi connectivity index (χ0n) is 16.2. The fourth-order valence-electron chi connectivity index (χ4n) is 3.69. The maximum atomic E-state index is 13.0. The van der Waals surface area contributed by atoms with Gasteiger partial charge in [0, 0.05) is 23.0 Å². The van der Waals surface area contributed by atoms with Gasteiger partial charge in [0.25, 0.3) is 0 Å². The summed E-state index contributed by atoms with van der Waals surface area (Å²) in [6.07, 6.45) is 0.733. The fraction of sp³-hybridized carbons (Fsp3) is 0.250. The third-order valence-corrected chi connectivity index (χ3v) is 6.38. The van der Waals surface area contributed by atoms with Crippen molar-refractivity contribution >= 4 is 57.5 Å². The first-order valence-electron chi connectivity index (χ1n) is 9.52. The molecule has 31 heavy (non-hydrogen) atoms. The number of carbonyl (C=O) groups excluding carboxylic acids is 3. The first kappa shape index (κ1) is 21.2. The lowest BCUT2D eigenvalue weighted by atomic mass is 10.1. The Morgan fingerprint density at radius 2 is 2.00 bits per heavy atom. The second kappa shape index (κ2) is 8.58. The van der Waals surface area contributed by atoms with Crippen LogP contribution in [-0.2, 0) is 11.3 Å². The molecule has 2 atom stereocenters. The van der Waals surface area contributed by atoms with E-state index in [4.69, 9.17) is 17.3 Å². The standard InChI is InChI=1S/C20H20ClN5O4S/c21-16-6-5-11(31-16)9-23-18(28)17-15(27)7-8-25(17)20(30)24-13-10-26(19(22)29)14-4-2-1-3-12(13)14/h1-6,10,15,17,27H,7-9H2,(H2,22,29)(H,23,28)(H,24,30)/t15-,17+/m1/s1. The van der Waals surface area contributed by atoms with Crippen LogP contribution in [0, 0.1) is 0 Å². The molecule has 11 heteroatoms. The molecule has 0 unspecified atom stereocenters. The summed E-state index contributed by atoms with van der Waals surface area (Å²) in [5, 5.41) is 16.4. The van der Waals surface area contributed by atoms with Gasteiger partial charge >= 0.3 is 12.1 Å². The van der Waals surface area contributed by atoms with E-state index in [0.717, 1.165) is 4.88 Å². The summed E-state index contributed by atoms with van der Waals surface area (Å²) in [6.45, 7) is 0.464. The number of nitrogens with one attached hydrogen (secondary N) is 2. The predicted octanol–water partition coefficient (Wildman–Crippen LogP) is 2.57. The summed E-state index contributed by atoms with van der Waals surface area (Å²) in [6, 6.07) is 8.27. The number of aliphatic hydroxyl groups is 1. The van der Waals surface area contributed by atoms with Crippen molar-refractivity contribution in [3.8, 4) is 0 Å². The van der Waals surface area contributed by atoms with Gasteiger partial charge in [-0.1, -0.05) is 29.8 Å². The number of halogens is 1. The number of carbonyl (C=O) groups is 3. The smallest absolute Gasteiger partial charge is 0.323 e. The SMILES string of the molecule is NC(=O)n1cc(NC(=O)N2CC[C@@H](O)[C@H]2C(=O)NCc2ccc(Cl)s2)c2ccccc21. The minimum atomic E-state index is -1.03. The summed E-state index contributed by atoms with van der Waals surface area (Å²) in [4.78, 5) is 39.5. The number of aliphatic hydroxyl groups excluding tert-OH is 1. The molecule has 4 amide bonds. The quantitative estimate of drug-likeness (QED) is 0.475. The highest BCUT2D eigenvalue weighted by molar-refractivity contribution is 7.16. The van der Waals surface area contributed by atoms with E-state index in [0.29, 0.717) is 20.9 Å². The second-order valence-corrected chi connectivity index (χ2v) is 8.92. The van der Waals surface area contributed by atoms with E-state index in [-0.39, 0.29) is 19.5 Å². The van der Waals surface area contributed by atoms with Crippen molar-refractivity contribution in [2.24, 2.45) is 5.73 Å². The Labute approximate surface area is 186 Å². The number of fused-ring (bicyclic) bond motifs is 1. The van der Waals surface area contributed by atoms with Gasteiger partial charge < -0.3 is 26.4 Å². The van der Waals surface area contributed by atoms with Crippen LogP contribution in [-0.4, -0.2) is 51.2 Å². The Hall–Kier alpha value is -3.08. The highest BCUT2D eigenvalue weighted by atomic mass is 35.5. The number of nitrogens with zero attached hydrogens (tertiary/aromatic N) is 2. The lowest BCUT2D eigenvalue weighted by Crippen LogP contribution is -2.51. The third-order valence-electron chi connectivity index (χ3n) is 5.15. The van der Waals surface area contributed by atoms with Crippen LogP contribution in [0.4, 0.5) is 15.3 Å². The molecule has 4 rings (SSSR count). The molecule has 0 bridgehead atoms.